The Morgan fingerprint density at radius 2 is 1.85 bits per heavy atom. The minimum absolute atomic E-state index is 0.0786. The molecule has 20 heavy (non-hydrogen) atoms. The molecule has 0 spiro atoms. The Morgan fingerprint density at radius 1 is 1.35 bits per heavy atom. The summed E-state index contributed by atoms with van der Waals surface area (Å²) in [5.74, 6) is -2.17. The lowest BCUT2D eigenvalue weighted by molar-refractivity contribution is 0.0314. The van der Waals surface area contributed by atoms with Crippen LogP contribution in [0.1, 0.15) is 31.1 Å². The van der Waals surface area contributed by atoms with Crippen molar-refractivity contribution in [2.75, 3.05) is 25.5 Å². The Balaban J connectivity index is 3.07. The molecule has 0 atom stereocenters. The topological polar surface area (TPSA) is 52.6 Å². The average Bonchev–Trinajstić information content (AvgIpc) is 2.33. The van der Waals surface area contributed by atoms with E-state index in [1.54, 1.807) is 20.8 Å². The lowest BCUT2D eigenvalue weighted by Gasteiger charge is -2.28. The summed E-state index contributed by atoms with van der Waals surface area (Å²) in [6.07, 6.45) is 0. The van der Waals surface area contributed by atoms with Crippen molar-refractivity contribution in [3.8, 4) is 0 Å². The number of hydrogen-bond donors (Lipinski definition) is 2. The Labute approximate surface area is 117 Å². The van der Waals surface area contributed by atoms with Gasteiger partial charge in [0.25, 0.3) is 5.91 Å². The number of carbonyl (C=O) groups excluding carboxylic acids is 1. The molecule has 2 N–H and O–H groups in total. The second-order valence-electron chi connectivity index (χ2n) is 5.20. The maximum atomic E-state index is 13.7. The van der Waals surface area contributed by atoms with Crippen LogP contribution in [-0.2, 0) is 0 Å². The minimum atomic E-state index is -1.08. The van der Waals surface area contributed by atoms with Gasteiger partial charge >= 0.3 is 0 Å². The normalized spacial score (nSPS) is 11.3. The van der Waals surface area contributed by atoms with E-state index in [4.69, 9.17) is 0 Å². The number of hydrogen-bond acceptors (Lipinski definition) is 3. The lowest BCUT2D eigenvalue weighted by atomic mass is 10.1. The van der Waals surface area contributed by atoms with Crippen LogP contribution >= 0.6 is 0 Å². The molecule has 1 amide bonds. The van der Waals surface area contributed by atoms with Crippen molar-refractivity contribution in [2.45, 2.75) is 26.4 Å². The summed E-state index contributed by atoms with van der Waals surface area (Å²) >= 11 is 0. The summed E-state index contributed by atoms with van der Waals surface area (Å²) in [5.41, 5.74) is -1.43. The van der Waals surface area contributed by atoms with Crippen molar-refractivity contribution < 1.29 is 18.7 Å². The van der Waals surface area contributed by atoms with Gasteiger partial charge in [-0.05, 0) is 32.9 Å². The highest BCUT2D eigenvalue weighted by Crippen LogP contribution is 2.21. The van der Waals surface area contributed by atoms with Gasteiger partial charge in [-0.3, -0.25) is 4.79 Å². The first-order valence-electron chi connectivity index (χ1n) is 6.38. The Kier molecular flexibility index (Phi) is 5.05. The van der Waals surface area contributed by atoms with E-state index in [-0.39, 0.29) is 17.8 Å². The first kappa shape index (κ1) is 16.4. The zero-order chi connectivity index (χ0) is 15.5. The maximum absolute atomic E-state index is 13.7. The van der Waals surface area contributed by atoms with Crippen LogP contribution in [0.2, 0.25) is 0 Å². The highest BCUT2D eigenvalue weighted by Gasteiger charge is 2.23. The van der Waals surface area contributed by atoms with E-state index in [0.29, 0.717) is 6.54 Å². The largest absolute Gasteiger partial charge is 0.389 e. The summed E-state index contributed by atoms with van der Waals surface area (Å²) in [7, 11) is 1.40. The van der Waals surface area contributed by atoms with Gasteiger partial charge in [-0.15, -0.1) is 0 Å². The molecule has 0 bridgehead atoms. The van der Waals surface area contributed by atoms with Gasteiger partial charge < -0.3 is 15.3 Å². The van der Waals surface area contributed by atoms with Gasteiger partial charge in [0.05, 0.1) is 5.60 Å². The predicted octanol–water partition coefficient (Wildman–Crippen LogP) is 2.24. The number of likely N-dealkylation sites (N-methyl/N-ethyl adjacent to an activating group) is 1. The molecular weight excluding hydrogens is 266 g/mol. The first-order chi connectivity index (χ1) is 9.19. The fourth-order valence-electron chi connectivity index (χ4n) is 1.91. The number of amides is 1. The van der Waals surface area contributed by atoms with Crippen molar-refractivity contribution in [3.05, 3.63) is 29.3 Å². The first-order valence-corrected chi connectivity index (χ1v) is 6.38. The number of benzene rings is 1. The fraction of sp³-hybridized carbons (Fsp3) is 0.500. The Hall–Kier alpha value is -1.69. The number of nitrogens with one attached hydrogen (secondary N) is 1. The third-order valence-electron chi connectivity index (χ3n) is 2.79. The van der Waals surface area contributed by atoms with E-state index in [0.717, 1.165) is 12.1 Å². The van der Waals surface area contributed by atoms with Gasteiger partial charge in [0.2, 0.25) is 0 Å². The molecule has 4 nitrogen and oxygen atoms in total. The summed E-state index contributed by atoms with van der Waals surface area (Å²) in [6.45, 7) is 5.28. The molecule has 0 saturated carbocycles. The van der Waals surface area contributed by atoms with Gasteiger partial charge in [0.15, 0.2) is 0 Å². The van der Waals surface area contributed by atoms with Gasteiger partial charge in [0, 0.05) is 25.7 Å². The second kappa shape index (κ2) is 6.17. The monoisotopic (exact) mass is 286 g/mol. The van der Waals surface area contributed by atoms with Crippen molar-refractivity contribution in [3.63, 3.8) is 0 Å². The predicted molar refractivity (Wildman–Crippen MR) is 73.8 cm³/mol. The molecule has 1 rings (SSSR count). The minimum Gasteiger partial charge on any atom is -0.389 e. The SMILES string of the molecule is CCN(CC(C)(C)O)C(=O)c1cc(F)c(NC)c(F)c1. The van der Waals surface area contributed by atoms with Crippen molar-refractivity contribution >= 4 is 11.6 Å². The van der Waals surface area contributed by atoms with E-state index < -0.39 is 23.1 Å². The van der Waals surface area contributed by atoms with Crippen LogP contribution in [0.5, 0.6) is 0 Å². The maximum Gasteiger partial charge on any atom is 0.254 e. The Morgan fingerprint density at radius 3 is 2.20 bits per heavy atom. The van der Waals surface area contributed by atoms with E-state index in [2.05, 4.69) is 5.32 Å². The van der Waals surface area contributed by atoms with Crippen molar-refractivity contribution in [1.82, 2.24) is 4.90 Å². The number of anilines is 1. The summed E-state index contributed by atoms with van der Waals surface area (Å²) in [4.78, 5) is 13.6. The van der Waals surface area contributed by atoms with Gasteiger partial charge in [0.1, 0.15) is 17.3 Å². The smallest absolute Gasteiger partial charge is 0.254 e. The van der Waals surface area contributed by atoms with Gasteiger partial charge in [-0.1, -0.05) is 0 Å². The van der Waals surface area contributed by atoms with Crippen molar-refractivity contribution in [2.24, 2.45) is 0 Å². The number of carbonyl (C=O) groups is 1. The number of nitrogens with zero attached hydrogens (tertiary/aromatic N) is 1. The molecule has 1 aromatic rings. The molecule has 0 heterocycles. The molecule has 0 radical (unpaired) electrons. The second-order valence-corrected chi connectivity index (χ2v) is 5.20. The van der Waals surface area contributed by atoms with Crippen LogP contribution in [0.3, 0.4) is 0 Å². The molecule has 0 aliphatic rings. The number of aliphatic hydroxyl groups is 1. The molecular formula is C14H20F2N2O2. The highest BCUT2D eigenvalue weighted by atomic mass is 19.1. The number of halogens is 2. The van der Waals surface area contributed by atoms with Crippen LogP contribution < -0.4 is 5.32 Å². The summed E-state index contributed by atoms with van der Waals surface area (Å²) in [5, 5.41) is 12.2. The molecule has 6 heteroatoms. The average molecular weight is 286 g/mol. The Bertz CT molecular complexity index is 475. The third kappa shape index (κ3) is 3.90. The van der Waals surface area contributed by atoms with E-state index in [9.17, 15) is 18.7 Å². The van der Waals surface area contributed by atoms with E-state index >= 15 is 0 Å². The molecule has 0 unspecified atom stereocenters. The molecule has 1 aromatic carbocycles. The zero-order valence-corrected chi connectivity index (χ0v) is 12.1. The molecule has 0 aliphatic carbocycles. The van der Waals surface area contributed by atoms with Crippen LogP contribution in [-0.4, -0.2) is 41.7 Å². The van der Waals surface area contributed by atoms with Crippen LogP contribution in [0, 0.1) is 11.6 Å². The molecule has 0 saturated heterocycles. The quantitative estimate of drug-likeness (QED) is 0.873. The molecule has 0 aliphatic heterocycles. The van der Waals surface area contributed by atoms with E-state index in [1.807, 2.05) is 0 Å². The number of rotatable bonds is 5. The van der Waals surface area contributed by atoms with Gasteiger partial charge in [-0.2, -0.15) is 0 Å². The highest BCUT2D eigenvalue weighted by molar-refractivity contribution is 5.94. The van der Waals surface area contributed by atoms with Crippen LogP contribution in [0.4, 0.5) is 14.5 Å². The lowest BCUT2D eigenvalue weighted by Crippen LogP contribution is -2.42. The van der Waals surface area contributed by atoms with Crippen molar-refractivity contribution in [1.29, 1.82) is 0 Å². The summed E-state index contributed by atoms with van der Waals surface area (Å²) in [6, 6.07) is 1.98. The molecule has 0 aromatic heterocycles. The van der Waals surface area contributed by atoms with Gasteiger partial charge in [-0.25, -0.2) is 8.78 Å². The fourth-order valence-corrected chi connectivity index (χ4v) is 1.91. The van der Waals surface area contributed by atoms with E-state index in [1.165, 1.54) is 11.9 Å². The third-order valence-corrected chi connectivity index (χ3v) is 2.79. The van der Waals surface area contributed by atoms with Crippen LogP contribution in [0.25, 0.3) is 0 Å². The standard InChI is InChI=1S/C14H20F2N2O2/c1-5-18(8-14(2,3)20)13(19)9-6-10(15)12(17-4)11(16)7-9/h6-7,17,20H,5,8H2,1-4H3. The molecule has 0 fully saturated rings. The molecule has 112 valence electrons. The zero-order valence-electron chi connectivity index (χ0n) is 12.1. The summed E-state index contributed by atoms with van der Waals surface area (Å²) < 4.78 is 27.3. The van der Waals surface area contributed by atoms with Crippen LogP contribution in [0.15, 0.2) is 12.1 Å².